The Morgan fingerprint density at radius 1 is 0.792 bits per heavy atom. The fraction of sp³-hybridized carbons (Fsp3) is 0.889. The van der Waals surface area contributed by atoms with Crippen molar-refractivity contribution in [1.29, 1.82) is 0 Å². The van der Waals surface area contributed by atoms with Crippen LogP contribution < -0.4 is 0 Å². The monoisotopic (exact) mass is 344 g/mol. The number of ether oxygens (including phenoxy) is 2. The number of likely N-dealkylation sites (N-methyl/N-ethyl adjacent to an activating group) is 2. The Labute approximate surface area is 147 Å². The van der Waals surface area contributed by atoms with Crippen LogP contribution in [-0.2, 0) is 19.1 Å². The van der Waals surface area contributed by atoms with Crippen LogP contribution in [0.5, 0.6) is 0 Å². The maximum Gasteiger partial charge on any atom is 0.325 e. The topological polar surface area (TPSA) is 59.1 Å². The molecule has 0 aromatic carbocycles. The van der Waals surface area contributed by atoms with E-state index in [4.69, 9.17) is 9.47 Å². The molecule has 6 nitrogen and oxygen atoms in total. The fourth-order valence-corrected chi connectivity index (χ4v) is 2.39. The SMILES string of the molecule is CCN(CC)C(C(=O)OCC(C)C)C(C(=O)OCC(C)C)N(C)C. The molecule has 0 aliphatic rings. The van der Waals surface area contributed by atoms with Crippen molar-refractivity contribution in [1.82, 2.24) is 9.80 Å². The zero-order chi connectivity index (χ0) is 18.9. The molecule has 0 fully saturated rings. The molecule has 0 rings (SSSR count). The summed E-state index contributed by atoms with van der Waals surface area (Å²) in [5.74, 6) is -0.256. The van der Waals surface area contributed by atoms with Crippen LogP contribution in [0.2, 0.25) is 0 Å². The Bertz CT molecular complexity index is 379. The molecule has 0 aliphatic heterocycles. The minimum absolute atomic E-state index is 0.247. The Morgan fingerprint density at radius 2 is 1.17 bits per heavy atom. The van der Waals surface area contributed by atoms with Gasteiger partial charge >= 0.3 is 11.9 Å². The molecule has 0 spiro atoms. The van der Waals surface area contributed by atoms with Gasteiger partial charge in [-0.15, -0.1) is 0 Å². The maximum atomic E-state index is 12.7. The predicted molar refractivity (Wildman–Crippen MR) is 95.8 cm³/mol. The first-order valence-corrected chi connectivity index (χ1v) is 8.89. The molecular weight excluding hydrogens is 308 g/mol. The van der Waals surface area contributed by atoms with E-state index in [1.807, 2.05) is 46.4 Å². The van der Waals surface area contributed by atoms with Gasteiger partial charge in [0.1, 0.15) is 12.1 Å². The van der Waals surface area contributed by atoms with Gasteiger partial charge in [-0.2, -0.15) is 0 Å². The summed E-state index contributed by atoms with van der Waals surface area (Å²) in [5, 5.41) is 0. The molecule has 6 heteroatoms. The molecule has 0 aromatic heterocycles. The lowest BCUT2D eigenvalue weighted by Crippen LogP contribution is -2.58. The average molecular weight is 344 g/mol. The highest BCUT2D eigenvalue weighted by molar-refractivity contribution is 5.87. The van der Waals surface area contributed by atoms with Crippen LogP contribution in [0.15, 0.2) is 0 Å². The van der Waals surface area contributed by atoms with Gasteiger partial charge in [-0.3, -0.25) is 19.4 Å². The molecule has 0 amide bonds. The lowest BCUT2D eigenvalue weighted by Gasteiger charge is -2.36. The maximum absolute atomic E-state index is 12.7. The first kappa shape index (κ1) is 22.9. The summed E-state index contributed by atoms with van der Waals surface area (Å²) in [6.45, 7) is 13.9. The Morgan fingerprint density at radius 3 is 1.46 bits per heavy atom. The second-order valence-corrected chi connectivity index (χ2v) is 7.12. The minimum Gasteiger partial charge on any atom is -0.464 e. The highest BCUT2D eigenvalue weighted by Gasteiger charge is 2.41. The molecule has 2 unspecified atom stereocenters. The van der Waals surface area contributed by atoms with Crippen molar-refractivity contribution < 1.29 is 19.1 Å². The molecule has 0 heterocycles. The quantitative estimate of drug-likeness (QED) is 0.535. The molecule has 2 atom stereocenters. The van der Waals surface area contributed by atoms with Crippen molar-refractivity contribution in [2.75, 3.05) is 40.4 Å². The van der Waals surface area contributed by atoms with Crippen molar-refractivity contribution in [2.45, 2.75) is 53.6 Å². The van der Waals surface area contributed by atoms with E-state index in [9.17, 15) is 9.59 Å². The molecule has 0 N–H and O–H groups in total. The van der Waals surface area contributed by atoms with Crippen LogP contribution in [-0.4, -0.2) is 74.2 Å². The highest BCUT2D eigenvalue weighted by Crippen LogP contribution is 2.15. The van der Waals surface area contributed by atoms with Crippen LogP contribution in [0.25, 0.3) is 0 Å². The van der Waals surface area contributed by atoms with Crippen molar-refractivity contribution in [2.24, 2.45) is 11.8 Å². The summed E-state index contributed by atoms with van der Waals surface area (Å²) in [6, 6.07) is -1.36. The lowest BCUT2D eigenvalue weighted by molar-refractivity contribution is -0.164. The normalized spacial score (nSPS) is 14.3. The van der Waals surface area contributed by atoms with Crippen LogP contribution in [0.4, 0.5) is 0 Å². The predicted octanol–water partition coefficient (Wildman–Crippen LogP) is 2.03. The van der Waals surface area contributed by atoms with Gasteiger partial charge in [-0.1, -0.05) is 41.5 Å². The molecule has 0 aromatic rings. The smallest absolute Gasteiger partial charge is 0.325 e. The average Bonchev–Trinajstić information content (AvgIpc) is 2.50. The van der Waals surface area contributed by atoms with Gasteiger partial charge in [0.2, 0.25) is 0 Å². The zero-order valence-electron chi connectivity index (χ0n) is 16.7. The van der Waals surface area contributed by atoms with Crippen molar-refractivity contribution >= 4 is 11.9 Å². The second kappa shape index (κ2) is 11.4. The molecule has 0 bridgehead atoms. The summed E-state index contributed by atoms with van der Waals surface area (Å²) >= 11 is 0. The van der Waals surface area contributed by atoms with Crippen LogP contribution >= 0.6 is 0 Å². The molecule has 0 saturated heterocycles. The molecule has 0 saturated carbocycles. The molecule has 0 aliphatic carbocycles. The van der Waals surface area contributed by atoms with E-state index < -0.39 is 12.1 Å². The summed E-state index contributed by atoms with van der Waals surface area (Å²) in [5.41, 5.74) is 0. The number of rotatable bonds is 11. The van der Waals surface area contributed by atoms with E-state index >= 15 is 0 Å². The van der Waals surface area contributed by atoms with Gasteiger partial charge in [-0.05, 0) is 39.0 Å². The van der Waals surface area contributed by atoms with E-state index in [0.717, 1.165) is 0 Å². The number of hydrogen-bond acceptors (Lipinski definition) is 6. The highest BCUT2D eigenvalue weighted by atomic mass is 16.5. The van der Waals surface area contributed by atoms with Crippen LogP contribution in [0.1, 0.15) is 41.5 Å². The van der Waals surface area contributed by atoms with Crippen molar-refractivity contribution in [3.05, 3.63) is 0 Å². The summed E-state index contributed by atoms with van der Waals surface area (Å²) in [4.78, 5) is 29.0. The van der Waals surface area contributed by atoms with Gasteiger partial charge in [0.25, 0.3) is 0 Å². The van der Waals surface area contributed by atoms with E-state index in [-0.39, 0.29) is 23.8 Å². The number of carbonyl (C=O) groups is 2. The van der Waals surface area contributed by atoms with E-state index in [2.05, 4.69) is 0 Å². The van der Waals surface area contributed by atoms with Crippen molar-refractivity contribution in [3.63, 3.8) is 0 Å². The summed E-state index contributed by atoms with van der Waals surface area (Å²) in [7, 11) is 3.57. The Hall–Kier alpha value is -1.14. The third kappa shape index (κ3) is 7.62. The first-order chi connectivity index (χ1) is 11.1. The van der Waals surface area contributed by atoms with Gasteiger partial charge in [-0.25, -0.2) is 0 Å². The number of esters is 2. The van der Waals surface area contributed by atoms with Crippen LogP contribution in [0, 0.1) is 11.8 Å². The number of carbonyl (C=O) groups excluding carboxylic acids is 2. The molecule has 0 radical (unpaired) electrons. The standard InChI is InChI=1S/C18H36N2O4/c1-9-20(10-2)16(18(22)24-12-14(5)6)15(19(7)8)17(21)23-11-13(3)4/h13-16H,9-12H2,1-8H3. The zero-order valence-corrected chi connectivity index (χ0v) is 16.7. The molecule has 24 heavy (non-hydrogen) atoms. The Balaban J connectivity index is 5.42. The van der Waals surface area contributed by atoms with Gasteiger partial charge in [0.05, 0.1) is 13.2 Å². The Kier molecular flexibility index (Phi) is 10.9. The van der Waals surface area contributed by atoms with Crippen LogP contribution in [0.3, 0.4) is 0 Å². The van der Waals surface area contributed by atoms with Gasteiger partial charge in [0, 0.05) is 0 Å². The van der Waals surface area contributed by atoms with E-state index in [1.54, 1.807) is 19.0 Å². The molecule has 142 valence electrons. The first-order valence-electron chi connectivity index (χ1n) is 8.89. The number of nitrogens with zero attached hydrogens (tertiary/aromatic N) is 2. The molecular formula is C18H36N2O4. The minimum atomic E-state index is -0.691. The van der Waals surface area contributed by atoms with E-state index in [1.165, 1.54) is 0 Å². The fourth-order valence-electron chi connectivity index (χ4n) is 2.39. The summed E-state index contributed by atoms with van der Waals surface area (Å²) < 4.78 is 10.8. The van der Waals surface area contributed by atoms with Crippen molar-refractivity contribution in [3.8, 4) is 0 Å². The van der Waals surface area contributed by atoms with E-state index in [0.29, 0.717) is 26.3 Å². The number of hydrogen-bond donors (Lipinski definition) is 0. The lowest BCUT2D eigenvalue weighted by atomic mass is 10.0. The third-order valence-corrected chi connectivity index (χ3v) is 3.66. The second-order valence-electron chi connectivity index (χ2n) is 7.12. The van der Waals surface area contributed by atoms with Gasteiger partial charge in [0.15, 0.2) is 0 Å². The summed E-state index contributed by atoms with van der Waals surface area (Å²) in [6.07, 6.45) is 0. The van der Waals surface area contributed by atoms with Gasteiger partial charge < -0.3 is 9.47 Å². The largest absolute Gasteiger partial charge is 0.464 e. The third-order valence-electron chi connectivity index (χ3n) is 3.66.